The number of hydrogen-bond acceptors (Lipinski definition) is 4. The van der Waals surface area contributed by atoms with Gasteiger partial charge in [0.15, 0.2) is 0 Å². The van der Waals surface area contributed by atoms with E-state index in [0.717, 1.165) is 49.8 Å². The maximum absolute atomic E-state index is 13.8. The van der Waals surface area contributed by atoms with Gasteiger partial charge in [0.2, 0.25) is 5.91 Å². The Bertz CT molecular complexity index is 1120. The van der Waals surface area contributed by atoms with E-state index in [-0.39, 0.29) is 52.2 Å². The monoisotopic (exact) mass is 513 g/mol. The van der Waals surface area contributed by atoms with Crippen molar-refractivity contribution < 1.29 is 49.0 Å². The minimum atomic E-state index is -1.03. The van der Waals surface area contributed by atoms with Crippen molar-refractivity contribution in [2.75, 3.05) is 7.11 Å². The van der Waals surface area contributed by atoms with Crippen LogP contribution in [0, 0.1) is 34.5 Å². The smallest absolute Gasteiger partial charge is 0.545 e. The Morgan fingerprint density at radius 2 is 1.76 bits per heavy atom. The van der Waals surface area contributed by atoms with E-state index in [0.29, 0.717) is 29.7 Å². The zero-order chi connectivity index (χ0) is 25.9. The number of nitrogens with one attached hydrogen (secondary N) is 1. The van der Waals surface area contributed by atoms with E-state index in [1.54, 1.807) is 7.11 Å². The van der Waals surface area contributed by atoms with E-state index < -0.39 is 11.5 Å². The molecular formula is C31H40NNaO4. The number of fused-ring (bicyclic) bond motifs is 5. The van der Waals surface area contributed by atoms with Gasteiger partial charge in [-0.3, -0.25) is 4.79 Å². The van der Waals surface area contributed by atoms with Gasteiger partial charge in [-0.05, 0) is 116 Å². The van der Waals surface area contributed by atoms with E-state index in [1.807, 2.05) is 30.3 Å². The van der Waals surface area contributed by atoms with Crippen LogP contribution in [0.5, 0.6) is 5.75 Å². The quantitative estimate of drug-likeness (QED) is 0.611. The number of carbonyl (C=O) groups is 2. The number of rotatable bonds is 5. The normalized spacial score (nSPS) is 34.5. The number of carboxylic acid groups (broad SMARTS) is 1. The molecule has 0 radical (unpaired) electrons. The summed E-state index contributed by atoms with van der Waals surface area (Å²) in [7, 11) is 1.66. The van der Waals surface area contributed by atoms with Crippen LogP contribution in [0.25, 0.3) is 0 Å². The van der Waals surface area contributed by atoms with Crippen molar-refractivity contribution in [3.05, 3.63) is 53.1 Å². The number of aliphatic carboxylic acids is 1. The Kier molecular flexibility index (Phi) is 7.84. The van der Waals surface area contributed by atoms with Crippen LogP contribution in [0.1, 0.15) is 78.2 Å². The van der Waals surface area contributed by atoms with Gasteiger partial charge in [0.05, 0.1) is 18.6 Å². The third-order valence-corrected chi connectivity index (χ3v) is 10.6. The molecule has 0 saturated heterocycles. The largest absolute Gasteiger partial charge is 1.00 e. The van der Waals surface area contributed by atoms with Crippen molar-refractivity contribution >= 4 is 11.9 Å². The van der Waals surface area contributed by atoms with Crippen LogP contribution < -0.4 is 44.7 Å². The second kappa shape index (κ2) is 10.2. The number of ether oxygens (including phenoxy) is 1. The average Bonchev–Trinajstić information content (AvgIpc) is 3.20. The molecule has 1 amide bonds. The molecular weight excluding hydrogens is 473 g/mol. The summed E-state index contributed by atoms with van der Waals surface area (Å²) in [5.41, 5.74) is 2.28. The second-order valence-corrected chi connectivity index (χ2v) is 12.7. The number of allylic oxidation sites excluding steroid dienone is 3. The Hall–Kier alpha value is -1.56. The van der Waals surface area contributed by atoms with Crippen molar-refractivity contribution in [1.82, 2.24) is 5.32 Å². The Balaban J connectivity index is 0.00000320. The zero-order valence-corrected chi connectivity index (χ0v) is 25.4. The average molecular weight is 514 g/mol. The van der Waals surface area contributed by atoms with Gasteiger partial charge in [-0.25, -0.2) is 0 Å². The predicted octanol–water partition coefficient (Wildman–Crippen LogP) is 1.92. The van der Waals surface area contributed by atoms with E-state index in [9.17, 15) is 14.7 Å². The third kappa shape index (κ3) is 4.74. The number of carboxylic acids is 1. The standard InChI is InChI=1S/C31H41NO4.Na/c1-29(2,20-6-9-22(36-5)10-7-20)32-27(33)26-13-12-24-23-11-8-21-18-19(28(34)35)14-16-30(21,3)25(23)15-17-31(24,26)4;/h6-10,18,23-26H,11-17H2,1-5H3,(H,32,33)(H,34,35);/q;+1/p-1/t23?,24?,25?,26-,30+,31+;/m1./s1. The summed E-state index contributed by atoms with van der Waals surface area (Å²) in [5, 5.41) is 14.9. The molecule has 0 aliphatic heterocycles. The van der Waals surface area contributed by atoms with Crippen molar-refractivity contribution in [3.63, 3.8) is 0 Å². The van der Waals surface area contributed by atoms with Crippen LogP contribution in [-0.2, 0) is 15.1 Å². The Labute approximate surface area is 243 Å². The fourth-order valence-electron chi connectivity index (χ4n) is 8.39. The van der Waals surface area contributed by atoms with Gasteiger partial charge in [0.1, 0.15) is 5.75 Å². The first kappa shape index (κ1) is 28.4. The van der Waals surface area contributed by atoms with Gasteiger partial charge in [-0.15, -0.1) is 0 Å². The summed E-state index contributed by atoms with van der Waals surface area (Å²) in [6.07, 6.45) is 10.8. The molecule has 194 valence electrons. The van der Waals surface area contributed by atoms with Crippen molar-refractivity contribution in [3.8, 4) is 5.75 Å². The molecule has 6 atom stereocenters. The molecule has 0 aromatic heterocycles. The van der Waals surface area contributed by atoms with Crippen LogP contribution in [0.3, 0.4) is 0 Å². The number of methoxy groups -OCH3 is 1. The molecule has 4 aliphatic rings. The zero-order valence-electron chi connectivity index (χ0n) is 23.4. The van der Waals surface area contributed by atoms with Crippen molar-refractivity contribution in [2.24, 2.45) is 34.5 Å². The molecule has 3 unspecified atom stereocenters. The van der Waals surface area contributed by atoms with E-state index in [2.05, 4.69) is 39.1 Å². The van der Waals surface area contributed by atoms with Crippen LogP contribution in [-0.4, -0.2) is 19.0 Å². The molecule has 5 rings (SSSR count). The number of benzene rings is 1. The predicted molar refractivity (Wildman–Crippen MR) is 138 cm³/mol. The number of hydrogen-bond donors (Lipinski definition) is 1. The molecule has 6 heteroatoms. The summed E-state index contributed by atoms with van der Waals surface area (Å²) in [6, 6.07) is 7.94. The first-order valence-corrected chi connectivity index (χ1v) is 13.6. The Morgan fingerprint density at radius 1 is 1.05 bits per heavy atom. The molecule has 37 heavy (non-hydrogen) atoms. The SMILES string of the molecule is COc1ccc(C(C)(C)NC(=O)[C@H]2CCC3C4CC=C5C=C(C(=O)[O-])CC[C@]5(C)C4CC[C@@]32C)cc1.[Na+]. The summed E-state index contributed by atoms with van der Waals surface area (Å²) in [4.78, 5) is 25.2. The molecule has 0 bridgehead atoms. The summed E-state index contributed by atoms with van der Waals surface area (Å²) in [6.45, 7) is 8.85. The van der Waals surface area contributed by atoms with Gasteiger partial charge in [-0.2, -0.15) is 0 Å². The van der Waals surface area contributed by atoms with E-state index in [1.165, 1.54) is 5.57 Å². The molecule has 2 saturated carbocycles. The van der Waals surface area contributed by atoms with Crippen molar-refractivity contribution in [1.29, 1.82) is 0 Å². The minimum absolute atomic E-state index is 0. The number of amides is 1. The second-order valence-electron chi connectivity index (χ2n) is 12.7. The molecule has 1 aromatic carbocycles. The molecule has 2 fully saturated rings. The van der Waals surface area contributed by atoms with Crippen LogP contribution >= 0.6 is 0 Å². The molecule has 0 heterocycles. The first-order valence-electron chi connectivity index (χ1n) is 13.6. The Morgan fingerprint density at radius 3 is 2.41 bits per heavy atom. The first-order chi connectivity index (χ1) is 17.0. The molecule has 0 spiro atoms. The van der Waals surface area contributed by atoms with Crippen molar-refractivity contribution in [2.45, 2.75) is 78.2 Å². The van der Waals surface area contributed by atoms with Gasteiger partial charge in [-0.1, -0.05) is 38.1 Å². The molecule has 4 aliphatic carbocycles. The summed E-state index contributed by atoms with van der Waals surface area (Å²) < 4.78 is 5.29. The van der Waals surface area contributed by atoms with Gasteiger partial charge in [0, 0.05) is 5.92 Å². The maximum Gasteiger partial charge on any atom is 1.00 e. The third-order valence-electron chi connectivity index (χ3n) is 10.6. The fourth-order valence-corrected chi connectivity index (χ4v) is 8.39. The number of carbonyl (C=O) groups excluding carboxylic acids is 2. The van der Waals surface area contributed by atoms with Crippen LogP contribution in [0.2, 0.25) is 0 Å². The molecule has 1 aromatic rings. The van der Waals surface area contributed by atoms with E-state index >= 15 is 0 Å². The summed E-state index contributed by atoms with van der Waals surface area (Å²) in [5.74, 6) is 1.62. The maximum atomic E-state index is 13.8. The van der Waals surface area contributed by atoms with Gasteiger partial charge in [0.25, 0.3) is 0 Å². The minimum Gasteiger partial charge on any atom is -0.545 e. The van der Waals surface area contributed by atoms with Gasteiger partial charge < -0.3 is 20.0 Å². The van der Waals surface area contributed by atoms with Gasteiger partial charge >= 0.3 is 29.6 Å². The summed E-state index contributed by atoms with van der Waals surface area (Å²) >= 11 is 0. The van der Waals surface area contributed by atoms with Crippen LogP contribution in [0.4, 0.5) is 0 Å². The molecule has 5 nitrogen and oxygen atoms in total. The molecule has 1 N–H and O–H groups in total. The van der Waals surface area contributed by atoms with Crippen LogP contribution in [0.15, 0.2) is 47.6 Å². The fraction of sp³-hybridized carbons (Fsp3) is 0.613. The van der Waals surface area contributed by atoms with E-state index in [4.69, 9.17) is 4.74 Å². The topological polar surface area (TPSA) is 78.5 Å².